The fourth-order valence-corrected chi connectivity index (χ4v) is 0.588. The third-order valence-corrected chi connectivity index (χ3v) is 1.05. The van der Waals surface area contributed by atoms with Gasteiger partial charge in [0.25, 0.3) is 0 Å². The number of methoxy groups -OCH3 is 1. The minimum absolute atomic E-state index is 0. The summed E-state index contributed by atoms with van der Waals surface area (Å²) in [5, 5.41) is 0. The molecule has 0 aliphatic rings. The van der Waals surface area contributed by atoms with Gasteiger partial charge in [-0.25, -0.2) is 8.78 Å². The van der Waals surface area contributed by atoms with Gasteiger partial charge in [-0.3, -0.25) is 0 Å². The molecule has 0 unspecified atom stereocenters. The normalized spacial score (nSPS) is 8.64. The van der Waals surface area contributed by atoms with Gasteiger partial charge in [0.05, 0.1) is 12.9 Å². The van der Waals surface area contributed by atoms with E-state index in [0.717, 1.165) is 6.07 Å². The summed E-state index contributed by atoms with van der Waals surface area (Å²) < 4.78 is 29.1. The molecule has 1 aromatic rings. The summed E-state index contributed by atoms with van der Waals surface area (Å²) in [6, 6.07) is 4.13. The first-order chi connectivity index (χ1) is 4.74. The molecule has 0 spiro atoms. The Morgan fingerprint density at radius 1 is 1.36 bits per heavy atom. The van der Waals surface area contributed by atoms with E-state index in [2.05, 4.69) is 4.74 Å². The van der Waals surface area contributed by atoms with Crippen LogP contribution in [0.15, 0.2) is 12.1 Å². The second kappa shape index (κ2) is 4.37. The largest absolute Gasteiger partial charge is 1.00 e. The zero-order valence-corrected chi connectivity index (χ0v) is 6.32. The molecule has 0 aliphatic heterocycles. The van der Waals surface area contributed by atoms with E-state index in [4.69, 9.17) is 0 Å². The van der Waals surface area contributed by atoms with E-state index in [1.54, 1.807) is 0 Å². The maximum atomic E-state index is 12.4. The van der Waals surface area contributed by atoms with Crippen LogP contribution in [0.4, 0.5) is 8.78 Å². The third kappa shape index (κ3) is 2.53. The maximum Gasteiger partial charge on any atom is 1.00 e. The van der Waals surface area contributed by atoms with Gasteiger partial charge in [0.2, 0.25) is 0 Å². The molecule has 54 valence electrons. The fourth-order valence-electron chi connectivity index (χ4n) is 0.588. The van der Waals surface area contributed by atoms with Crippen molar-refractivity contribution in [3.05, 3.63) is 29.8 Å². The minimum atomic E-state index is -0.803. The van der Waals surface area contributed by atoms with Gasteiger partial charge in [-0.1, -0.05) is 0 Å². The number of hydrogen-bond acceptors (Lipinski definition) is 1. The first kappa shape index (κ1) is 10.5. The number of ether oxygens (including phenoxy) is 1. The molecular formula is C7H5F2LiO. The number of hydrogen-bond donors (Lipinski definition) is 0. The first-order valence-electron chi connectivity index (χ1n) is 2.65. The molecule has 0 saturated carbocycles. The predicted molar refractivity (Wildman–Crippen MR) is 31.7 cm³/mol. The second-order valence-corrected chi connectivity index (χ2v) is 1.69. The van der Waals surface area contributed by atoms with Crippen LogP contribution in [-0.2, 0) is 0 Å². The van der Waals surface area contributed by atoms with E-state index >= 15 is 0 Å². The Kier molecular flexibility index (Phi) is 4.17. The van der Waals surface area contributed by atoms with Crippen molar-refractivity contribution in [2.24, 2.45) is 0 Å². The first-order valence-corrected chi connectivity index (χ1v) is 2.65. The Balaban J connectivity index is 0.000001000. The van der Waals surface area contributed by atoms with Crippen molar-refractivity contribution in [3.63, 3.8) is 0 Å². The second-order valence-electron chi connectivity index (χ2n) is 1.69. The molecule has 1 nitrogen and oxygen atoms in total. The molecule has 4 heteroatoms. The maximum absolute atomic E-state index is 12.4. The monoisotopic (exact) mass is 150 g/mol. The van der Waals surface area contributed by atoms with Crippen LogP contribution in [0, 0.1) is 17.7 Å². The van der Waals surface area contributed by atoms with Crippen LogP contribution >= 0.6 is 0 Å². The van der Waals surface area contributed by atoms with Crippen molar-refractivity contribution in [2.45, 2.75) is 0 Å². The topological polar surface area (TPSA) is 9.23 Å². The van der Waals surface area contributed by atoms with Crippen LogP contribution in [0.25, 0.3) is 0 Å². The van der Waals surface area contributed by atoms with Crippen LogP contribution in [0.5, 0.6) is 5.75 Å². The Labute approximate surface area is 75.5 Å². The molecule has 1 rings (SSSR count). The summed E-state index contributed by atoms with van der Waals surface area (Å²) in [5.74, 6) is -1.53. The summed E-state index contributed by atoms with van der Waals surface area (Å²) in [7, 11) is 1.31. The Hall–Kier alpha value is -0.523. The summed E-state index contributed by atoms with van der Waals surface area (Å²) in [4.78, 5) is 0. The molecule has 0 aromatic heterocycles. The molecule has 0 aliphatic carbocycles. The Morgan fingerprint density at radius 3 is 2.45 bits per heavy atom. The van der Waals surface area contributed by atoms with Crippen molar-refractivity contribution in [1.29, 1.82) is 0 Å². The zero-order chi connectivity index (χ0) is 7.56. The third-order valence-electron chi connectivity index (χ3n) is 1.05. The molecule has 11 heavy (non-hydrogen) atoms. The van der Waals surface area contributed by atoms with Gasteiger partial charge in [-0.05, 0) is 0 Å². The number of rotatable bonds is 1. The smallest absolute Gasteiger partial charge is 0.551 e. The number of benzene rings is 1. The van der Waals surface area contributed by atoms with Crippen LogP contribution in [0.2, 0.25) is 0 Å². The minimum Gasteiger partial charge on any atom is -0.551 e. The molecule has 1 aromatic carbocycles. The standard InChI is InChI=1S/C7H5F2O.Li/c1-10-7-3-2-5(8)4-6(7)9;/h2-3H,1H3;/q-1;+1. The Bertz CT molecular complexity index is 240. The van der Waals surface area contributed by atoms with E-state index in [1.165, 1.54) is 13.2 Å². The molecule has 0 fully saturated rings. The van der Waals surface area contributed by atoms with Gasteiger partial charge in [0, 0.05) is 11.6 Å². The average molecular weight is 150 g/mol. The van der Waals surface area contributed by atoms with Crippen molar-refractivity contribution < 1.29 is 32.4 Å². The molecule has 0 amide bonds. The summed E-state index contributed by atoms with van der Waals surface area (Å²) >= 11 is 0. The molecule has 0 bridgehead atoms. The van der Waals surface area contributed by atoms with Gasteiger partial charge in [0.15, 0.2) is 0 Å². The van der Waals surface area contributed by atoms with Crippen LogP contribution in [-0.4, -0.2) is 7.11 Å². The SMILES string of the molecule is COc1ccc(F)[c-]c1F.[Li+]. The summed E-state index contributed by atoms with van der Waals surface area (Å²) in [6.45, 7) is 0. The summed E-state index contributed by atoms with van der Waals surface area (Å²) in [6.07, 6.45) is 0. The molecule has 0 radical (unpaired) electrons. The van der Waals surface area contributed by atoms with Crippen molar-refractivity contribution in [1.82, 2.24) is 0 Å². The van der Waals surface area contributed by atoms with Gasteiger partial charge in [-0.15, -0.1) is 18.2 Å². The van der Waals surface area contributed by atoms with Crippen LogP contribution in [0.1, 0.15) is 0 Å². The van der Waals surface area contributed by atoms with Crippen molar-refractivity contribution >= 4 is 0 Å². The van der Waals surface area contributed by atoms with Crippen molar-refractivity contribution in [3.8, 4) is 5.75 Å². The molecule has 0 N–H and O–H groups in total. The summed E-state index contributed by atoms with van der Waals surface area (Å²) in [5.41, 5.74) is 0. The molecular weight excluding hydrogens is 145 g/mol. The van der Waals surface area contributed by atoms with E-state index in [0.29, 0.717) is 0 Å². The van der Waals surface area contributed by atoms with Crippen molar-refractivity contribution in [2.75, 3.05) is 7.11 Å². The Morgan fingerprint density at radius 2 is 2.00 bits per heavy atom. The van der Waals surface area contributed by atoms with Gasteiger partial charge < -0.3 is 4.74 Å². The molecule has 0 atom stereocenters. The van der Waals surface area contributed by atoms with E-state index in [9.17, 15) is 8.78 Å². The average Bonchev–Trinajstić information content (AvgIpc) is 1.88. The number of halogens is 2. The van der Waals surface area contributed by atoms with Gasteiger partial charge in [0.1, 0.15) is 0 Å². The fraction of sp³-hybridized carbons (Fsp3) is 0.143. The molecule has 0 saturated heterocycles. The quantitative estimate of drug-likeness (QED) is 0.360. The van der Waals surface area contributed by atoms with Crippen LogP contribution < -0.4 is 23.6 Å². The van der Waals surface area contributed by atoms with E-state index < -0.39 is 11.6 Å². The molecule has 0 heterocycles. The predicted octanol–water partition coefficient (Wildman–Crippen LogP) is -1.22. The van der Waals surface area contributed by atoms with Crippen LogP contribution in [0.3, 0.4) is 0 Å². The zero-order valence-electron chi connectivity index (χ0n) is 6.32. The van der Waals surface area contributed by atoms with E-state index in [1.807, 2.05) is 6.07 Å². The van der Waals surface area contributed by atoms with E-state index in [-0.39, 0.29) is 24.6 Å². The van der Waals surface area contributed by atoms with Gasteiger partial charge in [-0.2, -0.15) is 0 Å². The van der Waals surface area contributed by atoms with Gasteiger partial charge >= 0.3 is 18.9 Å².